The third-order valence-corrected chi connectivity index (χ3v) is 5.38. The van der Waals surface area contributed by atoms with Crippen molar-refractivity contribution in [2.45, 2.75) is 25.8 Å². The normalized spacial score (nSPS) is 19.9. The molecule has 3 rings (SSSR count). The van der Waals surface area contributed by atoms with Crippen LogP contribution in [0.5, 0.6) is 0 Å². The summed E-state index contributed by atoms with van der Waals surface area (Å²) >= 11 is 5.72. The number of nitrogens with one attached hydrogen (secondary N) is 1. The summed E-state index contributed by atoms with van der Waals surface area (Å²) in [5.74, 6) is 0.268. The highest BCUT2D eigenvalue weighted by Gasteiger charge is 2.51. The molecule has 23 heavy (non-hydrogen) atoms. The fraction of sp³-hybridized carbons (Fsp3) is 0.588. The second kappa shape index (κ2) is 6.65. The summed E-state index contributed by atoms with van der Waals surface area (Å²) in [7, 11) is 1.71. The van der Waals surface area contributed by atoms with Gasteiger partial charge in [-0.2, -0.15) is 0 Å². The van der Waals surface area contributed by atoms with Gasteiger partial charge in [0.25, 0.3) is 0 Å². The molecule has 1 N–H and O–H groups in total. The van der Waals surface area contributed by atoms with Gasteiger partial charge in [-0.05, 0) is 30.9 Å². The molecule has 1 aromatic carbocycles. The Balaban J connectivity index is 1.52. The van der Waals surface area contributed by atoms with Crippen molar-refractivity contribution in [2.75, 3.05) is 26.8 Å². The van der Waals surface area contributed by atoms with E-state index < -0.39 is 5.82 Å². The zero-order valence-electron chi connectivity index (χ0n) is 13.3. The third kappa shape index (κ3) is 3.31. The summed E-state index contributed by atoms with van der Waals surface area (Å²) in [6.45, 7) is 2.31. The Morgan fingerprint density at radius 3 is 2.78 bits per heavy atom. The van der Waals surface area contributed by atoms with Crippen LogP contribution in [0.25, 0.3) is 0 Å². The number of benzene rings is 1. The SMILES string of the molecule is COCC1(C2CCC2)CN(C(=O)NCc2ccc(Cl)cc2F)C1. The minimum atomic E-state index is -0.399. The van der Waals surface area contributed by atoms with Crippen LogP contribution in [0.4, 0.5) is 9.18 Å². The largest absolute Gasteiger partial charge is 0.384 e. The number of urea groups is 1. The Morgan fingerprint density at radius 1 is 1.48 bits per heavy atom. The second-order valence-corrected chi connectivity index (χ2v) is 7.11. The number of hydrogen-bond acceptors (Lipinski definition) is 2. The van der Waals surface area contributed by atoms with Crippen molar-refractivity contribution in [2.24, 2.45) is 11.3 Å². The molecule has 1 aliphatic carbocycles. The standard InChI is InChI=1S/C17H22ClFN2O2/c1-23-11-17(13-3-2-4-13)9-21(10-17)16(22)20-8-12-5-6-14(18)7-15(12)19/h5-7,13H,2-4,8-11H2,1H3,(H,20,22). The first-order chi connectivity index (χ1) is 11.0. The van der Waals surface area contributed by atoms with E-state index in [2.05, 4.69) is 5.32 Å². The number of hydrogen-bond donors (Lipinski definition) is 1. The van der Waals surface area contributed by atoms with Gasteiger partial charge in [-0.25, -0.2) is 9.18 Å². The molecular formula is C17H22ClFN2O2. The van der Waals surface area contributed by atoms with Gasteiger partial charge in [0, 0.05) is 42.7 Å². The molecule has 1 saturated heterocycles. The molecule has 0 atom stereocenters. The van der Waals surface area contributed by atoms with Crippen LogP contribution in [-0.4, -0.2) is 37.7 Å². The number of carbonyl (C=O) groups is 1. The molecule has 1 aliphatic heterocycles. The van der Waals surface area contributed by atoms with Crippen molar-refractivity contribution < 1.29 is 13.9 Å². The molecule has 6 heteroatoms. The molecule has 2 aliphatic rings. The van der Waals surface area contributed by atoms with Gasteiger partial charge in [0.15, 0.2) is 0 Å². The molecule has 0 bridgehead atoms. The van der Waals surface area contributed by atoms with Gasteiger partial charge in [0.2, 0.25) is 0 Å². The van der Waals surface area contributed by atoms with Crippen molar-refractivity contribution in [1.29, 1.82) is 0 Å². The number of halogens is 2. The number of methoxy groups -OCH3 is 1. The Bertz CT molecular complexity index is 586. The molecular weight excluding hydrogens is 319 g/mol. The number of likely N-dealkylation sites (tertiary alicyclic amines) is 1. The molecule has 0 aromatic heterocycles. The van der Waals surface area contributed by atoms with Crippen molar-refractivity contribution >= 4 is 17.6 Å². The highest BCUT2D eigenvalue weighted by atomic mass is 35.5. The van der Waals surface area contributed by atoms with E-state index in [0.717, 1.165) is 13.1 Å². The van der Waals surface area contributed by atoms with E-state index in [0.29, 0.717) is 23.1 Å². The first-order valence-corrected chi connectivity index (χ1v) is 8.37. The number of nitrogens with zero attached hydrogens (tertiary/aromatic N) is 1. The fourth-order valence-corrected chi connectivity index (χ4v) is 3.74. The van der Waals surface area contributed by atoms with Crippen molar-refractivity contribution in [3.63, 3.8) is 0 Å². The summed E-state index contributed by atoms with van der Waals surface area (Å²) in [5.41, 5.74) is 0.556. The maximum Gasteiger partial charge on any atom is 0.317 e. The quantitative estimate of drug-likeness (QED) is 0.892. The Hall–Kier alpha value is -1.33. The monoisotopic (exact) mass is 340 g/mol. The smallest absolute Gasteiger partial charge is 0.317 e. The van der Waals surface area contributed by atoms with E-state index in [1.807, 2.05) is 0 Å². The Morgan fingerprint density at radius 2 is 2.22 bits per heavy atom. The zero-order chi connectivity index (χ0) is 16.4. The van der Waals surface area contributed by atoms with E-state index in [4.69, 9.17) is 16.3 Å². The van der Waals surface area contributed by atoms with Gasteiger partial charge in [-0.3, -0.25) is 0 Å². The number of rotatable bonds is 5. The lowest BCUT2D eigenvalue weighted by Crippen LogP contribution is -2.66. The van der Waals surface area contributed by atoms with Crippen LogP contribution < -0.4 is 5.32 Å². The minimum Gasteiger partial charge on any atom is -0.384 e. The van der Waals surface area contributed by atoms with Crippen LogP contribution in [0.3, 0.4) is 0 Å². The summed E-state index contributed by atoms with van der Waals surface area (Å²) in [5, 5.41) is 3.13. The van der Waals surface area contributed by atoms with Crippen molar-refractivity contribution in [3.05, 3.63) is 34.6 Å². The zero-order valence-corrected chi connectivity index (χ0v) is 14.0. The van der Waals surface area contributed by atoms with Crippen molar-refractivity contribution in [1.82, 2.24) is 10.2 Å². The lowest BCUT2D eigenvalue weighted by Gasteiger charge is -2.56. The number of carbonyl (C=O) groups excluding carboxylic acids is 1. The van der Waals surface area contributed by atoms with E-state index >= 15 is 0 Å². The third-order valence-electron chi connectivity index (χ3n) is 5.15. The van der Waals surface area contributed by atoms with Crippen LogP contribution in [0, 0.1) is 17.2 Å². The molecule has 0 unspecified atom stereocenters. The Kier molecular flexibility index (Phi) is 4.78. The highest BCUT2D eigenvalue weighted by Crippen LogP contribution is 2.48. The van der Waals surface area contributed by atoms with Crippen molar-refractivity contribution in [3.8, 4) is 0 Å². The molecule has 2 amide bonds. The van der Waals surface area contributed by atoms with E-state index in [1.165, 1.54) is 25.3 Å². The fourth-order valence-electron chi connectivity index (χ4n) is 3.58. The average Bonchev–Trinajstić information content (AvgIpc) is 2.41. The predicted molar refractivity (Wildman–Crippen MR) is 86.9 cm³/mol. The molecule has 126 valence electrons. The first kappa shape index (κ1) is 16.5. The van der Waals surface area contributed by atoms with Gasteiger partial charge in [0.1, 0.15) is 5.82 Å². The molecule has 1 saturated carbocycles. The van der Waals surface area contributed by atoms with Crippen LogP contribution in [0.1, 0.15) is 24.8 Å². The summed E-state index contributed by atoms with van der Waals surface area (Å²) in [6.07, 6.45) is 3.74. The first-order valence-electron chi connectivity index (χ1n) is 8.00. The van der Waals surface area contributed by atoms with Crippen LogP contribution >= 0.6 is 11.6 Å². The molecule has 1 heterocycles. The van der Waals surface area contributed by atoms with Gasteiger partial charge >= 0.3 is 6.03 Å². The number of ether oxygens (including phenoxy) is 1. The highest BCUT2D eigenvalue weighted by molar-refractivity contribution is 6.30. The molecule has 0 spiro atoms. The summed E-state index contributed by atoms with van der Waals surface area (Å²) < 4.78 is 19.1. The van der Waals surface area contributed by atoms with E-state index in [-0.39, 0.29) is 18.0 Å². The number of amides is 2. The average molecular weight is 341 g/mol. The topological polar surface area (TPSA) is 41.6 Å². The lowest BCUT2D eigenvalue weighted by atomic mass is 9.61. The molecule has 2 fully saturated rings. The Labute approximate surface area is 140 Å². The summed E-state index contributed by atoms with van der Waals surface area (Å²) in [6, 6.07) is 4.32. The van der Waals surface area contributed by atoms with Crippen LogP contribution in [0.15, 0.2) is 18.2 Å². The second-order valence-electron chi connectivity index (χ2n) is 6.67. The molecule has 4 nitrogen and oxygen atoms in total. The molecule has 0 radical (unpaired) electrons. The van der Waals surface area contributed by atoms with Crippen LogP contribution in [-0.2, 0) is 11.3 Å². The minimum absolute atomic E-state index is 0.121. The maximum absolute atomic E-state index is 13.7. The van der Waals surface area contributed by atoms with E-state index in [1.54, 1.807) is 24.1 Å². The molecule has 1 aromatic rings. The van der Waals surface area contributed by atoms with Gasteiger partial charge in [-0.1, -0.05) is 24.1 Å². The predicted octanol–water partition coefficient (Wildman–Crippen LogP) is 3.44. The lowest BCUT2D eigenvalue weighted by molar-refractivity contribution is -0.0939. The summed E-state index contributed by atoms with van der Waals surface area (Å²) in [4.78, 5) is 14.0. The van der Waals surface area contributed by atoms with Gasteiger partial charge in [0.05, 0.1) is 6.61 Å². The van der Waals surface area contributed by atoms with Gasteiger partial charge < -0.3 is 15.0 Å². The van der Waals surface area contributed by atoms with Crippen LogP contribution in [0.2, 0.25) is 5.02 Å². The van der Waals surface area contributed by atoms with Gasteiger partial charge in [-0.15, -0.1) is 0 Å². The van der Waals surface area contributed by atoms with E-state index in [9.17, 15) is 9.18 Å². The maximum atomic E-state index is 13.7.